The molecule has 259 valence electrons. The third-order valence-corrected chi connectivity index (χ3v) is 9.06. The predicted molar refractivity (Wildman–Crippen MR) is 180 cm³/mol. The summed E-state index contributed by atoms with van der Waals surface area (Å²) in [6.45, 7) is 0. The molecule has 14 nitrogen and oxygen atoms in total. The zero-order valence-corrected chi connectivity index (χ0v) is 32.8. The number of azo groups is 2. The fourth-order valence-corrected chi connectivity index (χ4v) is 5.87. The average molecular weight is 827 g/mol. The smallest absolute Gasteiger partial charge is 0.871 e. The van der Waals surface area contributed by atoms with E-state index in [-0.39, 0.29) is 91.0 Å². The van der Waals surface area contributed by atoms with Crippen molar-refractivity contribution >= 4 is 87.5 Å². The van der Waals surface area contributed by atoms with E-state index in [1.54, 1.807) is 0 Å². The van der Waals surface area contributed by atoms with Gasteiger partial charge in [0, 0.05) is 35.7 Å². The van der Waals surface area contributed by atoms with E-state index in [0.717, 1.165) is 0 Å². The Hall–Kier alpha value is -3.83. The molecule has 6 aromatic carbocycles. The molecule has 0 aliphatic rings. The molecule has 0 bridgehead atoms. The molecule has 0 aromatic heterocycles. The standard InChI is InChI=1S/2C16H12ClN3O4S.Cr.Na/c17-10-2-6-14(21)13(8-10)19-20-16-12-4-3-11(25(18,23)24)7-9(12)1-5-15(16)22;17-10-2-4-16(22)15(6-10)20-19-14-8-12(25(18,23)24)5-9-1-3-11(21)7-13(9)14;;/h2*1-8,21-22H,(H2,18,23,24);;/q;;+3;+1/p-4. The number of sulfonamides is 1. The summed E-state index contributed by atoms with van der Waals surface area (Å²) >= 11 is 11.6. The average Bonchev–Trinajstić information content (AvgIpc) is 3.05. The van der Waals surface area contributed by atoms with E-state index in [4.69, 9.17) is 33.1 Å². The fraction of sp³-hybridized carbons (Fsp3) is 0. The number of halogens is 2. The zero-order chi connectivity index (χ0) is 36.4. The number of hydrogen-bond donors (Lipinski definition) is 3. The summed E-state index contributed by atoms with van der Waals surface area (Å²) < 4.78 is 53.1. The Labute approximate surface area is 339 Å². The van der Waals surface area contributed by atoms with E-state index >= 15 is 0 Å². The summed E-state index contributed by atoms with van der Waals surface area (Å²) in [6, 6.07) is 21.4. The number of nitrogens with zero attached hydrogens (tertiary/aromatic N) is 4. The first-order valence-corrected chi connectivity index (χ1v) is 17.6. The summed E-state index contributed by atoms with van der Waals surface area (Å²) in [7, 11) is -8.09. The maximum atomic E-state index is 12.1. The van der Waals surface area contributed by atoms with Gasteiger partial charge in [0.15, 0.2) is 0 Å². The van der Waals surface area contributed by atoms with Crippen molar-refractivity contribution in [2.24, 2.45) is 25.6 Å². The molecule has 0 fully saturated rings. The van der Waals surface area contributed by atoms with Crippen LogP contribution in [0.1, 0.15) is 0 Å². The second kappa shape index (κ2) is 17.3. The van der Waals surface area contributed by atoms with E-state index in [1.807, 2.05) is 0 Å². The molecule has 0 aliphatic heterocycles. The van der Waals surface area contributed by atoms with Crippen LogP contribution >= 0.6 is 23.2 Å². The van der Waals surface area contributed by atoms with Gasteiger partial charge in [0.25, 0.3) is 0 Å². The van der Waals surface area contributed by atoms with Crippen molar-refractivity contribution in [2.75, 3.05) is 0 Å². The van der Waals surface area contributed by atoms with Crippen LogP contribution in [0.5, 0.6) is 23.0 Å². The van der Waals surface area contributed by atoms with Crippen molar-refractivity contribution < 1.29 is 84.5 Å². The van der Waals surface area contributed by atoms with Gasteiger partial charge in [-0.2, -0.15) is 15.3 Å². The molecule has 0 heterocycles. The Morgan fingerprint density at radius 3 is 1.69 bits per heavy atom. The molecule has 1 atom stereocenters. The minimum Gasteiger partial charge on any atom is -0.871 e. The molecule has 20 heteroatoms. The molecule has 1 unspecified atom stereocenters. The minimum atomic E-state index is -4.12. The summed E-state index contributed by atoms with van der Waals surface area (Å²) in [5, 5.41) is 68.2. The molecule has 0 saturated heterocycles. The fourth-order valence-electron chi connectivity index (χ4n) is 4.44. The van der Waals surface area contributed by atoms with Gasteiger partial charge in [-0.05, 0) is 71.4 Å². The van der Waals surface area contributed by atoms with Crippen LogP contribution in [-0.4, -0.2) is 22.3 Å². The summed E-state index contributed by atoms with van der Waals surface area (Å²) in [6.07, 6.45) is 0. The molecular weight excluding hydrogens is 806 g/mol. The van der Waals surface area contributed by atoms with Crippen molar-refractivity contribution in [1.82, 2.24) is 0 Å². The van der Waals surface area contributed by atoms with Gasteiger partial charge in [0.2, 0.25) is 10.0 Å². The summed E-state index contributed by atoms with van der Waals surface area (Å²) in [5.74, 6) is -1.25. The van der Waals surface area contributed by atoms with Crippen molar-refractivity contribution in [1.29, 1.82) is 4.78 Å². The minimum absolute atomic E-state index is 0. The largest absolute Gasteiger partial charge is 3.00 e. The number of phenols is 1. The van der Waals surface area contributed by atoms with E-state index in [1.165, 1.54) is 97.1 Å². The van der Waals surface area contributed by atoms with Crippen LogP contribution in [0.2, 0.25) is 10.0 Å². The Kier molecular flexibility index (Phi) is 14.2. The molecule has 0 aliphatic carbocycles. The number of nitrogens with two attached hydrogens (primary N) is 1. The van der Waals surface area contributed by atoms with Crippen molar-refractivity contribution in [3.05, 3.63) is 107 Å². The quantitative estimate of drug-likeness (QED) is 0.163. The molecule has 4 N–H and O–H groups in total. The van der Waals surface area contributed by atoms with Crippen LogP contribution in [0.25, 0.3) is 21.5 Å². The van der Waals surface area contributed by atoms with Crippen LogP contribution < -0.4 is 50.0 Å². The van der Waals surface area contributed by atoms with E-state index < -0.39 is 31.5 Å². The summed E-state index contributed by atoms with van der Waals surface area (Å²) in [5.41, 5.74) is 0.0821. The molecule has 0 amide bonds. The van der Waals surface area contributed by atoms with Crippen molar-refractivity contribution in [3.8, 4) is 23.0 Å². The topological polar surface area (TPSA) is 263 Å². The predicted octanol–water partition coefficient (Wildman–Crippen LogP) is 3.93. The Balaban J connectivity index is 0.000000270. The summed E-state index contributed by atoms with van der Waals surface area (Å²) in [4.78, 5) is -0.355. The maximum absolute atomic E-state index is 12.1. The maximum Gasteiger partial charge on any atom is 3.00 e. The van der Waals surface area contributed by atoms with Gasteiger partial charge >= 0.3 is 46.9 Å². The molecule has 0 spiro atoms. The SMILES string of the molecule is N=S(=O)([O-])c1ccc2c(N=Nc3cc(Cl)ccc3[O-])c([O-])ccc2c1.NS(=O)(=O)c1cc(N=Nc2cc(Cl)ccc2[O-])c2cc(O)ccc2c1.[Cr+3].[Na+]. The van der Waals surface area contributed by atoms with Gasteiger partial charge in [-0.1, -0.05) is 76.8 Å². The number of primary sulfonamides is 1. The third kappa shape index (κ3) is 10.4. The number of aromatic hydroxyl groups is 1. The normalized spacial score (nSPS) is 12.5. The number of rotatable bonds is 6. The third-order valence-electron chi connectivity index (χ3n) is 6.82. The van der Waals surface area contributed by atoms with Crippen LogP contribution in [0, 0.1) is 4.78 Å². The van der Waals surface area contributed by atoms with Crippen molar-refractivity contribution in [2.45, 2.75) is 9.79 Å². The van der Waals surface area contributed by atoms with Gasteiger partial charge in [0.1, 0.15) is 5.75 Å². The van der Waals surface area contributed by atoms with E-state index in [9.17, 15) is 37.6 Å². The molecule has 6 aromatic rings. The van der Waals surface area contributed by atoms with Crippen LogP contribution in [0.15, 0.2) is 127 Å². The van der Waals surface area contributed by atoms with Crippen LogP contribution in [0.4, 0.5) is 22.7 Å². The first-order chi connectivity index (χ1) is 23.5. The van der Waals surface area contributed by atoms with Gasteiger partial charge < -0.3 is 25.0 Å². The monoisotopic (exact) mass is 825 g/mol. The van der Waals surface area contributed by atoms with Gasteiger partial charge in [-0.3, -0.25) is 8.99 Å². The first-order valence-electron chi connectivity index (χ1n) is 13.8. The van der Waals surface area contributed by atoms with E-state index in [0.29, 0.717) is 31.6 Å². The Morgan fingerprint density at radius 2 is 1.12 bits per heavy atom. The molecular formula is C32H20Cl2CrN6NaO8S2. The van der Waals surface area contributed by atoms with Crippen LogP contribution in [-0.2, 0) is 37.4 Å². The second-order valence-corrected chi connectivity index (χ2v) is 14.2. The molecule has 1 radical (unpaired) electrons. The Bertz CT molecular complexity index is 2580. The van der Waals surface area contributed by atoms with E-state index in [2.05, 4.69) is 20.5 Å². The molecule has 0 saturated carbocycles. The van der Waals surface area contributed by atoms with Crippen LogP contribution in [0.3, 0.4) is 0 Å². The van der Waals surface area contributed by atoms with Crippen molar-refractivity contribution in [3.63, 3.8) is 0 Å². The number of phenolic OH excluding ortho intramolecular Hbond substituents is 1. The first kappa shape index (κ1) is 42.6. The molecule has 52 heavy (non-hydrogen) atoms. The second-order valence-electron chi connectivity index (χ2n) is 10.3. The number of hydrogen-bond acceptors (Lipinski definition) is 13. The number of fused-ring (bicyclic) bond motifs is 2. The molecule has 6 rings (SSSR count). The van der Waals surface area contributed by atoms with Gasteiger partial charge in [-0.15, -0.1) is 5.11 Å². The van der Waals surface area contributed by atoms with Gasteiger partial charge in [0.05, 0.1) is 27.6 Å². The van der Waals surface area contributed by atoms with Gasteiger partial charge in [-0.25, -0.2) is 13.6 Å². The Morgan fingerprint density at radius 1 is 0.615 bits per heavy atom. The number of nitrogens with one attached hydrogen (secondary N) is 1. The number of benzene rings is 6. The zero-order valence-electron chi connectivity index (χ0n) is 26.4.